The summed E-state index contributed by atoms with van der Waals surface area (Å²) in [5.74, 6) is 0.940. The highest BCUT2D eigenvalue weighted by molar-refractivity contribution is 6.31. The van der Waals surface area contributed by atoms with Gasteiger partial charge < -0.3 is 10.0 Å². The molecule has 1 saturated heterocycles. The molecule has 2 atom stereocenters. The first-order valence-electron chi connectivity index (χ1n) is 6.21. The molecule has 0 amide bonds. The van der Waals surface area contributed by atoms with Crippen LogP contribution in [0.3, 0.4) is 0 Å². The van der Waals surface area contributed by atoms with E-state index < -0.39 is 0 Å². The molecule has 1 aromatic rings. The molecule has 2 rings (SSSR count). The van der Waals surface area contributed by atoms with Crippen LogP contribution in [0.5, 0.6) is 0 Å². The Bertz CT molecular complexity index is 397. The lowest BCUT2D eigenvalue weighted by Gasteiger charge is -2.29. The highest BCUT2D eigenvalue weighted by atomic mass is 35.5. The summed E-state index contributed by atoms with van der Waals surface area (Å²) in [4.78, 5) is 6.76. The molecule has 0 aliphatic carbocycles. The van der Waals surface area contributed by atoms with Crippen molar-refractivity contribution in [1.82, 2.24) is 4.98 Å². The van der Waals surface area contributed by atoms with Crippen molar-refractivity contribution < 1.29 is 5.11 Å². The van der Waals surface area contributed by atoms with Crippen LogP contribution in [-0.4, -0.2) is 22.2 Å². The molecule has 3 nitrogen and oxygen atoms in total. The highest BCUT2D eigenvalue weighted by Gasteiger charge is 2.30. The number of anilines is 1. The van der Waals surface area contributed by atoms with Crippen molar-refractivity contribution in [2.75, 3.05) is 4.90 Å². The van der Waals surface area contributed by atoms with Gasteiger partial charge in [0.05, 0.1) is 11.6 Å². The van der Waals surface area contributed by atoms with Crippen LogP contribution in [0.25, 0.3) is 0 Å². The summed E-state index contributed by atoms with van der Waals surface area (Å²) < 4.78 is 0. The number of aliphatic hydroxyl groups is 1. The lowest BCUT2D eigenvalue weighted by molar-refractivity contribution is 0.282. The van der Waals surface area contributed by atoms with Gasteiger partial charge in [0.15, 0.2) is 0 Å². The third-order valence-corrected chi connectivity index (χ3v) is 3.95. The van der Waals surface area contributed by atoms with Gasteiger partial charge in [0.2, 0.25) is 0 Å². The molecule has 2 heterocycles. The summed E-state index contributed by atoms with van der Waals surface area (Å²) >= 11 is 5.97. The lowest BCUT2D eigenvalue weighted by atomic mass is 10.1. The predicted molar refractivity (Wildman–Crippen MR) is 70.4 cm³/mol. The van der Waals surface area contributed by atoms with E-state index >= 15 is 0 Å². The van der Waals surface area contributed by atoms with Crippen LogP contribution in [0.1, 0.15) is 38.7 Å². The third kappa shape index (κ3) is 2.40. The minimum atomic E-state index is -0.0344. The van der Waals surface area contributed by atoms with E-state index in [-0.39, 0.29) is 6.61 Å². The predicted octanol–water partition coefficient (Wildman–Crippen LogP) is 2.99. The zero-order valence-electron chi connectivity index (χ0n) is 10.4. The van der Waals surface area contributed by atoms with Gasteiger partial charge in [-0.1, -0.05) is 18.5 Å². The minimum absolute atomic E-state index is 0.0344. The topological polar surface area (TPSA) is 36.4 Å². The van der Waals surface area contributed by atoms with Crippen LogP contribution < -0.4 is 4.90 Å². The summed E-state index contributed by atoms with van der Waals surface area (Å²) in [6.07, 6.45) is 5.19. The Hall–Kier alpha value is -0.800. The van der Waals surface area contributed by atoms with E-state index in [0.717, 1.165) is 17.8 Å². The van der Waals surface area contributed by atoms with E-state index in [2.05, 4.69) is 23.7 Å². The van der Waals surface area contributed by atoms with Crippen molar-refractivity contribution in [2.45, 2.75) is 51.8 Å². The Morgan fingerprint density at radius 2 is 2.29 bits per heavy atom. The smallest absolute Gasteiger partial charge is 0.129 e. The number of nitrogens with zero attached hydrogens (tertiary/aromatic N) is 2. The average Bonchev–Trinajstić information content (AvgIpc) is 2.71. The second-order valence-corrected chi connectivity index (χ2v) is 5.09. The van der Waals surface area contributed by atoms with E-state index in [4.69, 9.17) is 11.6 Å². The maximum Gasteiger partial charge on any atom is 0.129 e. The Labute approximate surface area is 107 Å². The van der Waals surface area contributed by atoms with Crippen molar-refractivity contribution in [2.24, 2.45) is 0 Å². The number of hydrogen-bond donors (Lipinski definition) is 1. The summed E-state index contributed by atoms with van der Waals surface area (Å²) in [5, 5.41) is 9.78. The fourth-order valence-corrected chi connectivity index (χ4v) is 2.78. The molecule has 1 N–H and O–H groups in total. The van der Waals surface area contributed by atoms with Crippen LogP contribution >= 0.6 is 11.6 Å². The lowest BCUT2D eigenvalue weighted by Crippen LogP contribution is -2.34. The van der Waals surface area contributed by atoms with Gasteiger partial charge in [-0.15, -0.1) is 0 Å². The zero-order chi connectivity index (χ0) is 12.4. The number of aromatic nitrogens is 1. The summed E-state index contributed by atoms with van der Waals surface area (Å²) in [7, 11) is 0. The monoisotopic (exact) mass is 254 g/mol. The third-order valence-electron chi connectivity index (χ3n) is 3.61. The summed E-state index contributed by atoms with van der Waals surface area (Å²) in [6, 6.07) is 2.98. The second kappa shape index (κ2) is 5.23. The number of pyridine rings is 1. The first-order valence-corrected chi connectivity index (χ1v) is 6.58. The first kappa shape index (κ1) is 12.7. The highest BCUT2D eigenvalue weighted by Crippen LogP contribution is 2.32. The van der Waals surface area contributed by atoms with Gasteiger partial charge >= 0.3 is 0 Å². The Morgan fingerprint density at radius 3 is 2.94 bits per heavy atom. The van der Waals surface area contributed by atoms with Crippen molar-refractivity contribution >= 4 is 17.4 Å². The van der Waals surface area contributed by atoms with Crippen molar-refractivity contribution in [3.8, 4) is 0 Å². The van der Waals surface area contributed by atoms with Crippen LogP contribution in [0.4, 0.5) is 5.82 Å². The molecular weight excluding hydrogens is 236 g/mol. The molecule has 0 bridgehead atoms. The minimum Gasteiger partial charge on any atom is -0.392 e. The van der Waals surface area contributed by atoms with Gasteiger partial charge in [-0.05, 0) is 32.3 Å². The molecule has 4 heteroatoms. The molecule has 1 aliphatic rings. The van der Waals surface area contributed by atoms with Crippen LogP contribution in [0.2, 0.25) is 5.02 Å². The van der Waals surface area contributed by atoms with Gasteiger partial charge in [-0.3, -0.25) is 0 Å². The maximum absolute atomic E-state index is 9.24. The van der Waals surface area contributed by atoms with Crippen LogP contribution in [-0.2, 0) is 6.61 Å². The van der Waals surface area contributed by atoms with Crippen molar-refractivity contribution in [1.29, 1.82) is 0 Å². The molecule has 0 spiro atoms. The van der Waals surface area contributed by atoms with Crippen molar-refractivity contribution in [3.05, 3.63) is 22.8 Å². The second-order valence-electron chi connectivity index (χ2n) is 4.69. The quantitative estimate of drug-likeness (QED) is 0.901. The van der Waals surface area contributed by atoms with Gasteiger partial charge in [0.1, 0.15) is 5.82 Å². The molecule has 1 fully saturated rings. The Balaban J connectivity index is 2.32. The maximum atomic E-state index is 9.24. The number of halogens is 1. The van der Waals surface area contributed by atoms with E-state index in [1.807, 2.05) is 6.07 Å². The largest absolute Gasteiger partial charge is 0.392 e. The van der Waals surface area contributed by atoms with E-state index in [1.165, 1.54) is 12.8 Å². The molecule has 17 heavy (non-hydrogen) atoms. The zero-order valence-corrected chi connectivity index (χ0v) is 11.1. The average molecular weight is 255 g/mol. The van der Waals surface area contributed by atoms with E-state index in [1.54, 1.807) is 6.20 Å². The normalized spacial score (nSPS) is 24.4. The fraction of sp³-hybridized carbons (Fsp3) is 0.615. The number of rotatable bonds is 3. The standard InChI is InChI=1S/C13H19ClN2O/c1-3-11-5-4-9(2)16(11)13-6-10(8-17)12(14)7-15-13/h6-7,9,11,17H,3-5,8H2,1-2H3. The van der Waals surface area contributed by atoms with Crippen LogP contribution in [0.15, 0.2) is 12.3 Å². The number of aliphatic hydroxyl groups excluding tert-OH is 1. The molecule has 0 radical (unpaired) electrons. The SMILES string of the molecule is CCC1CCC(C)N1c1cc(CO)c(Cl)cn1. The first-order chi connectivity index (χ1) is 8.17. The Kier molecular flexibility index (Phi) is 3.89. The van der Waals surface area contributed by atoms with E-state index in [9.17, 15) is 5.11 Å². The van der Waals surface area contributed by atoms with Crippen LogP contribution in [0, 0.1) is 0 Å². The van der Waals surface area contributed by atoms with Gasteiger partial charge in [-0.25, -0.2) is 4.98 Å². The van der Waals surface area contributed by atoms with Gasteiger partial charge in [-0.2, -0.15) is 0 Å². The molecule has 0 aromatic carbocycles. The van der Waals surface area contributed by atoms with Crippen molar-refractivity contribution in [3.63, 3.8) is 0 Å². The van der Waals surface area contributed by atoms with Gasteiger partial charge in [0.25, 0.3) is 0 Å². The summed E-state index contributed by atoms with van der Waals surface area (Å²) in [6.45, 7) is 4.40. The molecule has 1 aliphatic heterocycles. The molecular formula is C13H19ClN2O. The molecule has 1 aromatic heterocycles. The molecule has 0 saturated carbocycles. The molecule has 2 unspecified atom stereocenters. The Morgan fingerprint density at radius 1 is 1.53 bits per heavy atom. The fourth-order valence-electron chi connectivity index (χ4n) is 2.62. The number of hydrogen-bond acceptors (Lipinski definition) is 3. The summed E-state index contributed by atoms with van der Waals surface area (Å²) in [5.41, 5.74) is 0.755. The van der Waals surface area contributed by atoms with E-state index in [0.29, 0.717) is 17.1 Å². The molecule has 94 valence electrons. The van der Waals surface area contributed by atoms with Gasteiger partial charge in [0, 0.05) is 23.8 Å².